The third-order valence-electron chi connectivity index (χ3n) is 2.91. The van der Waals surface area contributed by atoms with E-state index in [0.717, 1.165) is 18.7 Å². The minimum absolute atomic E-state index is 0.0335. The van der Waals surface area contributed by atoms with Crippen LogP contribution in [0, 0.1) is 0 Å². The summed E-state index contributed by atoms with van der Waals surface area (Å²) in [7, 11) is 0. The molecule has 1 saturated heterocycles. The molecule has 0 saturated carbocycles. The van der Waals surface area contributed by atoms with E-state index in [1.165, 1.54) is 0 Å². The summed E-state index contributed by atoms with van der Waals surface area (Å²) in [4.78, 5) is 35.6. The number of thioether (sulfide) groups is 1. The van der Waals surface area contributed by atoms with Crippen molar-refractivity contribution in [3.8, 4) is 0 Å². The first kappa shape index (κ1) is 17.7. The Balaban J connectivity index is 2.18. The fourth-order valence-electron chi connectivity index (χ4n) is 1.53. The number of hydrogen-bond acceptors (Lipinski definition) is 6. The van der Waals surface area contributed by atoms with Crippen LogP contribution in [0.4, 0.5) is 0 Å². The van der Waals surface area contributed by atoms with Gasteiger partial charge in [-0.1, -0.05) is 0 Å². The first-order chi connectivity index (χ1) is 9.83. The van der Waals surface area contributed by atoms with Crippen LogP contribution in [0.3, 0.4) is 0 Å². The summed E-state index contributed by atoms with van der Waals surface area (Å²) in [6.45, 7) is 2.91. The molecule has 0 aromatic heterocycles. The largest absolute Gasteiger partial charge is 0.479 e. The van der Waals surface area contributed by atoms with Crippen LogP contribution in [0.2, 0.25) is 0 Å². The quantitative estimate of drug-likeness (QED) is 0.524. The number of aliphatic carboxylic acids is 1. The molecule has 1 unspecified atom stereocenters. The number of rotatable bonds is 7. The fraction of sp³-hybridized carbons (Fsp3) is 0.750. The molecular weight excluding hydrogens is 300 g/mol. The van der Waals surface area contributed by atoms with Crippen molar-refractivity contribution in [1.82, 2.24) is 10.2 Å². The van der Waals surface area contributed by atoms with E-state index in [1.807, 2.05) is 0 Å². The topological polar surface area (TPSA) is 116 Å². The number of ether oxygens (including phenoxy) is 1. The summed E-state index contributed by atoms with van der Waals surface area (Å²) in [5.41, 5.74) is -2.00. The van der Waals surface area contributed by atoms with Crippen LogP contribution in [0.5, 0.6) is 0 Å². The Labute approximate surface area is 126 Å². The van der Waals surface area contributed by atoms with Crippen LogP contribution in [0.25, 0.3) is 0 Å². The molecule has 0 aliphatic carbocycles. The van der Waals surface area contributed by atoms with Crippen LogP contribution in [-0.2, 0) is 19.1 Å². The lowest BCUT2D eigenvalue weighted by Gasteiger charge is -2.26. The van der Waals surface area contributed by atoms with Crippen molar-refractivity contribution >= 4 is 29.5 Å². The van der Waals surface area contributed by atoms with Crippen molar-refractivity contribution < 1.29 is 29.3 Å². The minimum Gasteiger partial charge on any atom is -0.479 e. The van der Waals surface area contributed by atoms with E-state index >= 15 is 0 Å². The summed E-state index contributed by atoms with van der Waals surface area (Å²) in [6.07, 6.45) is 0. The maximum absolute atomic E-state index is 11.8. The van der Waals surface area contributed by atoms with Gasteiger partial charge < -0.3 is 25.2 Å². The maximum atomic E-state index is 11.8. The second-order valence-electron chi connectivity index (χ2n) is 4.84. The molecule has 1 fully saturated rings. The summed E-state index contributed by atoms with van der Waals surface area (Å²) in [5.74, 6) is -1.66. The number of carbonyl (C=O) groups excluding carboxylic acids is 2. The van der Waals surface area contributed by atoms with Crippen LogP contribution in [-0.4, -0.2) is 82.9 Å². The second kappa shape index (κ2) is 8.20. The number of nitrogens with one attached hydrogen (secondary N) is 1. The highest BCUT2D eigenvalue weighted by Crippen LogP contribution is 2.06. The number of hydrogen-bond donors (Lipinski definition) is 3. The van der Waals surface area contributed by atoms with Gasteiger partial charge in [0.05, 0.1) is 31.3 Å². The number of morpholine rings is 1. The molecule has 0 spiro atoms. The number of amides is 2. The van der Waals surface area contributed by atoms with Crippen LogP contribution in [0.1, 0.15) is 6.92 Å². The lowest BCUT2D eigenvalue weighted by Crippen LogP contribution is -2.47. The van der Waals surface area contributed by atoms with Crippen molar-refractivity contribution in [2.45, 2.75) is 12.5 Å². The number of carboxylic acids is 1. The second-order valence-corrected chi connectivity index (χ2v) is 5.83. The number of carboxylic acid groups (broad SMARTS) is 1. The van der Waals surface area contributed by atoms with Gasteiger partial charge in [0.2, 0.25) is 11.8 Å². The molecule has 1 aliphatic rings. The third-order valence-corrected chi connectivity index (χ3v) is 3.83. The fourth-order valence-corrected chi connectivity index (χ4v) is 2.28. The smallest absolute Gasteiger partial charge is 0.337 e. The highest BCUT2D eigenvalue weighted by atomic mass is 32.2. The Kier molecular flexibility index (Phi) is 6.93. The van der Waals surface area contributed by atoms with Gasteiger partial charge in [-0.2, -0.15) is 0 Å². The first-order valence-corrected chi connectivity index (χ1v) is 7.64. The normalized spacial score (nSPS) is 17.9. The molecule has 2 amide bonds. The van der Waals surface area contributed by atoms with Gasteiger partial charge in [0.1, 0.15) is 0 Å². The molecule has 120 valence electrons. The van der Waals surface area contributed by atoms with E-state index < -0.39 is 17.5 Å². The zero-order chi connectivity index (χ0) is 15.9. The van der Waals surface area contributed by atoms with Gasteiger partial charge in [-0.15, -0.1) is 11.8 Å². The standard InChI is InChI=1S/C12H20N2O6S/c1-12(19,11(17)18)8-13-9(15)6-21-7-10(16)14-2-4-20-5-3-14/h19H,2-8H2,1H3,(H,13,15)(H,17,18). The van der Waals surface area contributed by atoms with E-state index in [9.17, 15) is 19.5 Å². The monoisotopic (exact) mass is 320 g/mol. The molecule has 1 atom stereocenters. The molecule has 21 heavy (non-hydrogen) atoms. The maximum Gasteiger partial charge on any atom is 0.337 e. The van der Waals surface area contributed by atoms with Crippen molar-refractivity contribution in [2.75, 3.05) is 44.4 Å². The van der Waals surface area contributed by atoms with Crippen molar-refractivity contribution in [3.63, 3.8) is 0 Å². The Bertz CT molecular complexity index is 395. The van der Waals surface area contributed by atoms with Crippen molar-refractivity contribution in [3.05, 3.63) is 0 Å². The van der Waals surface area contributed by atoms with Crippen LogP contribution in [0.15, 0.2) is 0 Å². The molecule has 8 nitrogen and oxygen atoms in total. The van der Waals surface area contributed by atoms with E-state index in [-0.39, 0.29) is 24.0 Å². The molecule has 1 heterocycles. The lowest BCUT2D eigenvalue weighted by molar-refractivity contribution is -0.156. The Morgan fingerprint density at radius 1 is 1.29 bits per heavy atom. The van der Waals surface area contributed by atoms with Gasteiger partial charge in [-0.3, -0.25) is 9.59 Å². The molecule has 9 heteroatoms. The van der Waals surface area contributed by atoms with E-state index in [4.69, 9.17) is 9.84 Å². The molecular formula is C12H20N2O6S. The van der Waals surface area contributed by atoms with Crippen molar-refractivity contribution in [1.29, 1.82) is 0 Å². The molecule has 0 aromatic rings. The van der Waals surface area contributed by atoms with Gasteiger partial charge >= 0.3 is 5.97 Å². The first-order valence-electron chi connectivity index (χ1n) is 6.48. The Hall–Kier alpha value is -1.32. The molecule has 1 rings (SSSR count). The highest BCUT2D eigenvalue weighted by Gasteiger charge is 2.30. The molecule has 0 bridgehead atoms. The number of aliphatic hydroxyl groups is 1. The average Bonchev–Trinajstić information content (AvgIpc) is 2.46. The number of carbonyl (C=O) groups is 3. The number of nitrogens with zero attached hydrogens (tertiary/aromatic N) is 1. The summed E-state index contributed by atoms with van der Waals surface area (Å²) >= 11 is 1.15. The zero-order valence-electron chi connectivity index (χ0n) is 11.8. The molecule has 3 N–H and O–H groups in total. The Morgan fingerprint density at radius 2 is 1.90 bits per heavy atom. The summed E-state index contributed by atoms with van der Waals surface area (Å²) < 4.78 is 5.14. The van der Waals surface area contributed by atoms with Crippen molar-refractivity contribution in [2.24, 2.45) is 0 Å². The SMILES string of the molecule is CC(O)(CNC(=O)CSCC(=O)N1CCOCC1)C(=O)O. The van der Waals surface area contributed by atoms with Crippen LogP contribution < -0.4 is 5.32 Å². The molecule has 0 aromatic carbocycles. The van der Waals surface area contributed by atoms with Gasteiger partial charge in [-0.05, 0) is 6.92 Å². The van der Waals surface area contributed by atoms with E-state index in [1.54, 1.807) is 4.90 Å². The lowest BCUT2D eigenvalue weighted by atomic mass is 10.1. The predicted octanol–water partition coefficient (Wildman–Crippen LogP) is -1.47. The van der Waals surface area contributed by atoms with E-state index in [0.29, 0.717) is 26.3 Å². The van der Waals surface area contributed by atoms with Gasteiger partial charge in [0, 0.05) is 13.1 Å². The zero-order valence-corrected chi connectivity index (χ0v) is 12.6. The van der Waals surface area contributed by atoms with E-state index in [2.05, 4.69) is 5.32 Å². The van der Waals surface area contributed by atoms with Gasteiger partial charge in [-0.25, -0.2) is 4.79 Å². The average molecular weight is 320 g/mol. The summed E-state index contributed by atoms with van der Waals surface area (Å²) in [6, 6.07) is 0. The molecule has 0 radical (unpaired) electrons. The third kappa shape index (κ3) is 6.32. The predicted molar refractivity (Wildman–Crippen MR) is 76.0 cm³/mol. The minimum atomic E-state index is -2.00. The van der Waals surface area contributed by atoms with Gasteiger partial charge in [0.25, 0.3) is 0 Å². The van der Waals surface area contributed by atoms with Gasteiger partial charge in [0.15, 0.2) is 5.60 Å². The molecule has 1 aliphatic heterocycles. The van der Waals surface area contributed by atoms with Crippen LogP contribution >= 0.6 is 11.8 Å². The summed E-state index contributed by atoms with van der Waals surface area (Å²) in [5, 5.41) is 20.4. The highest BCUT2D eigenvalue weighted by molar-refractivity contribution is 8.00. The Morgan fingerprint density at radius 3 is 2.48 bits per heavy atom.